The number of carbonyl (C=O) groups excluding carboxylic acids is 1. The first-order chi connectivity index (χ1) is 14.5. The summed E-state index contributed by atoms with van der Waals surface area (Å²) in [6.07, 6.45) is 6.83. The number of nitrogens with two attached hydrogens (primary N) is 1. The van der Waals surface area contributed by atoms with Crippen molar-refractivity contribution in [3.8, 4) is 0 Å². The molecule has 3 fully saturated rings. The highest BCUT2D eigenvalue weighted by molar-refractivity contribution is 5.82. The van der Waals surface area contributed by atoms with Crippen molar-refractivity contribution in [3.63, 3.8) is 0 Å². The molecule has 30 heavy (non-hydrogen) atoms. The summed E-state index contributed by atoms with van der Waals surface area (Å²) >= 11 is 0. The molecule has 9 nitrogen and oxygen atoms in total. The van der Waals surface area contributed by atoms with Crippen molar-refractivity contribution in [3.05, 3.63) is 23.5 Å². The number of likely N-dealkylation sites (tertiary alicyclic amines) is 1. The van der Waals surface area contributed by atoms with Gasteiger partial charge in [-0.05, 0) is 39.5 Å². The van der Waals surface area contributed by atoms with Crippen LogP contribution in [0.15, 0.2) is 12.3 Å². The van der Waals surface area contributed by atoms with Crippen LogP contribution in [-0.4, -0.2) is 63.2 Å². The molecule has 2 unspecified atom stereocenters. The van der Waals surface area contributed by atoms with Crippen molar-refractivity contribution in [1.82, 2.24) is 25.0 Å². The Labute approximate surface area is 176 Å². The van der Waals surface area contributed by atoms with E-state index in [2.05, 4.69) is 17.3 Å². The number of anilines is 1. The van der Waals surface area contributed by atoms with Gasteiger partial charge in [0, 0.05) is 49.9 Å². The molecule has 4 atom stereocenters. The minimum atomic E-state index is -0.274. The number of hydrogen-bond donors (Lipinski definition) is 2. The van der Waals surface area contributed by atoms with E-state index in [1.807, 2.05) is 28.6 Å². The van der Waals surface area contributed by atoms with Crippen molar-refractivity contribution in [2.75, 3.05) is 24.5 Å². The summed E-state index contributed by atoms with van der Waals surface area (Å²) in [5.74, 6) is 1.09. The Kier molecular flexibility index (Phi) is 5.12. The standard InChI is InChI=1S/C21H31N7O2/c1-13-11-28-19(23-20(13)26-8-6-15(22)12-26)10-16(24-28)18-5-3-4-7-27(18)21(29)17-9-14(2)30-25-17/h10-11,14-15,17-18,25H,3-9,12,22H2,1-2H3/t14?,15-,17?,18-/m0/s1. The van der Waals surface area contributed by atoms with Gasteiger partial charge in [-0.2, -0.15) is 10.6 Å². The zero-order chi connectivity index (χ0) is 20.8. The molecular formula is C21H31N7O2. The van der Waals surface area contributed by atoms with E-state index in [1.165, 1.54) is 0 Å². The summed E-state index contributed by atoms with van der Waals surface area (Å²) in [6.45, 7) is 6.58. The maximum Gasteiger partial charge on any atom is 0.242 e. The molecule has 3 saturated heterocycles. The molecule has 2 aromatic rings. The van der Waals surface area contributed by atoms with Crippen LogP contribution in [0.1, 0.15) is 56.3 Å². The topological polar surface area (TPSA) is 101 Å². The average Bonchev–Trinajstić information content (AvgIpc) is 3.46. The van der Waals surface area contributed by atoms with E-state index in [9.17, 15) is 4.79 Å². The van der Waals surface area contributed by atoms with E-state index in [4.69, 9.17) is 20.7 Å². The molecular weight excluding hydrogens is 382 g/mol. The number of piperidine rings is 1. The summed E-state index contributed by atoms with van der Waals surface area (Å²) in [5, 5.41) is 4.82. The van der Waals surface area contributed by atoms with Crippen molar-refractivity contribution in [2.45, 2.75) is 70.2 Å². The van der Waals surface area contributed by atoms with Crippen LogP contribution < -0.4 is 16.1 Å². The Bertz CT molecular complexity index is 945. The van der Waals surface area contributed by atoms with Gasteiger partial charge in [-0.25, -0.2) is 9.50 Å². The van der Waals surface area contributed by atoms with Gasteiger partial charge >= 0.3 is 0 Å². The molecule has 5 heterocycles. The Morgan fingerprint density at radius 2 is 2.17 bits per heavy atom. The van der Waals surface area contributed by atoms with Gasteiger partial charge in [-0.15, -0.1) is 0 Å². The van der Waals surface area contributed by atoms with Crippen LogP contribution in [0.5, 0.6) is 0 Å². The van der Waals surface area contributed by atoms with Crippen LogP contribution in [0.4, 0.5) is 5.82 Å². The van der Waals surface area contributed by atoms with Crippen molar-refractivity contribution in [2.24, 2.45) is 5.73 Å². The number of fused-ring (bicyclic) bond motifs is 1. The van der Waals surface area contributed by atoms with Gasteiger partial charge in [0.05, 0.1) is 17.8 Å². The number of hydrogen-bond acceptors (Lipinski definition) is 7. The summed E-state index contributed by atoms with van der Waals surface area (Å²) in [4.78, 5) is 27.7. The third kappa shape index (κ3) is 3.55. The maximum absolute atomic E-state index is 13.2. The lowest BCUT2D eigenvalue weighted by atomic mass is 9.97. The molecule has 0 saturated carbocycles. The molecule has 3 N–H and O–H groups in total. The number of rotatable bonds is 3. The largest absolute Gasteiger partial charge is 0.355 e. The van der Waals surface area contributed by atoms with Gasteiger partial charge in [0.1, 0.15) is 11.9 Å². The first-order valence-corrected chi connectivity index (χ1v) is 11.1. The fourth-order valence-electron chi connectivity index (χ4n) is 4.96. The third-order valence-electron chi connectivity index (χ3n) is 6.55. The van der Waals surface area contributed by atoms with Gasteiger partial charge in [-0.1, -0.05) is 0 Å². The fourth-order valence-corrected chi connectivity index (χ4v) is 4.96. The normalized spacial score (nSPS) is 29.8. The Morgan fingerprint density at radius 3 is 2.90 bits per heavy atom. The monoisotopic (exact) mass is 413 g/mol. The van der Waals surface area contributed by atoms with Crippen LogP contribution in [0.2, 0.25) is 0 Å². The molecule has 0 aliphatic carbocycles. The minimum Gasteiger partial charge on any atom is -0.355 e. The highest BCUT2D eigenvalue weighted by atomic mass is 16.7. The number of hydroxylamine groups is 1. The van der Waals surface area contributed by atoms with Crippen LogP contribution in [0.3, 0.4) is 0 Å². The predicted molar refractivity (Wildman–Crippen MR) is 113 cm³/mol. The highest BCUT2D eigenvalue weighted by Crippen LogP contribution is 2.32. The molecule has 3 aliphatic rings. The molecule has 9 heteroatoms. The van der Waals surface area contributed by atoms with Gasteiger partial charge in [-0.3, -0.25) is 9.63 Å². The molecule has 162 valence electrons. The van der Waals surface area contributed by atoms with Crippen molar-refractivity contribution < 1.29 is 9.63 Å². The van der Waals surface area contributed by atoms with Gasteiger partial charge < -0.3 is 15.5 Å². The SMILES string of the molecule is Cc1cn2nc([C@@H]3CCCCN3C(=O)C3CC(C)ON3)cc2nc1N1CC[C@H](N)C1. The predicted octanol–water partition coefficient (Wildman–Crippen LogP) is 1.31. The highest BCUT2D eigenvalue weighted by Gasteiger charge is 2.37. The van der Waals surface area contributed by atoms with Gasteiger partial charge in [0.25, 0.3) is 0 Å². The smallest absolute Gasteiger partial charge is 0.242 e. The van der Waals surface area contributed by atoms with Crippen molar-refractivity contribution in [1.29, 1.82) is 0 Å². The van der Waals surface area contributed by atoms with E-state index >= 15 is 0 Å². The van der Waals surface area contributed by atoms with Crippen molar-refractivity contribution >= 4 is 17.4 Å². The first kappa shape index (κ1) is 19.7. The average molecular weight is 414 g/mol. The second-order valence-electron chi connectivity index (χ2n) is 8.99. The third-order valence-corrected chi connectivity index (χ3v) is 6.55. The van der Waals surface area contributed by atoms with E-state index in [1.54, 1.807) is 0 Å². The molecule has 2 aromatic heterocycles. The number of amides is 1. The first-order valence-electron chi connectivity index (χ1n) is 11.1. The summed E-state index contributed by atoms with van der Waals surface area (Å²) < 4.78 is 1.85. The number of aromatic nitrogens is 3. The van der Waals surface area contributed by atoms with E-state index in [-0.39, 0.29) is 30.1 Å². The molecule has 1 amide bonds. The lowest BCUT2D eigenvalue weighted by molar-refractivity contribution is -0.138. The lowest BCUT2D eigenvalue weighted by Gasteiger charge is -2.36. The van der Waals surface area contributed by atoms with Gasteiger partial charge in [0.2, 0.25) is 5.91 Å². The second-order valence-corrected chi connectivity index (χ2v) is 8.99. The Hall–Kier alpha value is -2.23. The van der Waals surface area contributed by atoms with Crippen LogP contribution in [0.25, 0.3) is 5.65 Å². The van der Waals surface area contributed by atoms with Crippen LogP contribution in [0, 0.1) is 6.92 Å². The Balaban J connectivity index is 1.43. The number of nitrogens with one attached hydrogen (secondary N) is 1. The van der Waals surface area contributed by atoms with Gasteiger partial charge in [0.15, 0.2) is 5.65 Å². The zero-order valence-electron chi connectivity index (χ0n) is 17.8. The number of carbonyl (C=O) groups is 1. The minimum absolute atomic E-state index is 0.0189. The van der Waals surface area contributed by atoms with Crippen LogP contribution >= 0.6 is 0 Å². The molecule has 3 aliphatic heterocycles. The molecule has 5 rings (SSSR count). The molecule has 0 bridgehead atoms. The number of aryl methyl sites for hydroxylation is 1. The summed E-state index contributed by atoms with van der Waals surface area (Å²) in [5.41, 5.74) is 11.8. The Morgan fingerprint density at radius 1 is 1.30 bits per heavy atom. The maximum atomic E-state index is 13.2. The summed E-state index contributed by atoms with van der Waals surface area (Å²) in [7, 11) is 0. The van der Waals surface area contributed by atoms with E-state index in [0.29, 0.717) is 6.42 Å². The van der Waals surface area contributed by atoms with E-state index in [0.717, 1.165) is 68.0 Å². The lowest BCUT2D eigenvalue weighted by Crippen LogP contribution is -2.47. The molecule has 0 aromatic carbocycles. The fraction of sp³-hybridized carbons (Fsp3) is 0.667. The zero-order valence-corrected chi connectivity index (χ0v) is 17.8. The quantitative estimate of drug-likeness (QED) is 0.782. The van der Waals surface area contributed by atoms with Crippen LogP contribution in [-0.2, 0) is 9.63 Å². The molecule has 0 spiro atoms. The summed E-state index contributed by atoms with van der Waals surface area (Å²) in [6, 6.07) is 1.95. The van der Waals surface area contributed by atoms with E-state index < -0.39 is 0 Å². The second kappa shape index (κ2) is 7.79. The molecule has 0 radical (unpaired) electrons. The number of nitrogens with zero attached hydrogens (tertiary/aromatic N) is 5.